The summed E-state index contributed by atoms with van der Waals surface area (Å²) in [7, 11) is 1.38. The summed E-state index contributed by atoms with van der Waals surface area (Å²) in [6.45, 7) is 2.55. The second-order valence-electron chi connectivity index (χ2n) is 6.59. The Bertz CT molecular complexity index is 1030. The van der Waals surface area contributed by atoms with Gasteiger partial charge < -0.3 is 23.4 Å². The predicted molar refractivity (Wildman–Crippen MR) is 104 cm³/mol. The molecule has 150 valence electrons. The number of hydrogen-bond donors (Lipinski definition) is 0. The number of rotatable bonds is 7. The van der Waals surface area contributed by atoms with Crippen molar-refractivity contribution in [2.75, 3.05) is 20.5 Å². The van der Waals surface area contributed by atoms with Gasteiger partial charge in [-0.05, 0) is 42.8 Å². The molecule has 0 N–H and O–H groups in total. The number of fused-ring (bicyclic) bond motifs is 1. The molecule has 0 aliphatic carbocycles. The van der Waals surface area contributed by atoms with Crippen LogP contribution in [0, 0.1) is 6.92 Å². The van der Waals surface area contributed by atoms with E-state index in [1.807, 2.05) is 49.4 Å². The SMILES string of the molecule is COC(=O)Cc1cccc(OCCc2nc(-c3ccc4c(c3)OCO4)oc2C)c1. The number of methoxy groups -OCH3 is 1. The smallest absolute Gasteiger partial charge is 0.309 e. The van der Waals surface area contributed by atoms with Gasteiger partial charge in [0.05, 0.1) is 25.8 Å². The van der Waals surface area contributed by atoms with Crippen LogP contribution in [0.1, 0.15) is 17.0 Å². The van der Waals surface area contributed by atoms with Gasteiger partial charge in [0.1, 0.15) is 11.5 Å². The van der Waals surface area contributed by atoms with Crippen LogP contribution in [0.5, 0.6) is 17.2 Å². The minimum absolute atomic E-state index is 0.217. The molecule has 0 saturated carbocycles. The molecule has 4 rings (SSSR count). The van der Waals surface area contributed by atoms with Gasteiger partial charge in [-0.1, -0.05) is 12.1 Å². The fourth-order valence-electron chi connectivity index (χ4n) is 3.06. The van der Waals surface area contributed by atoms with Crippen molar-refractivity contribution in [3.8, 4) is 28.7 Å². The van der Waals surface area contributed by atoms with Gasteiger partial charge in [0, 0.05) is 12.0 Å². The Morgan fingerprint density at radius 3 is 2.86 bits per heavy atom. The molecule has 2 aromatic carbocycles. The molecule has 1 aliphatic heterocycles. The molecular weight excluding hydrogens is 374 g/mol. The van der Waals surface area contributed by atoms with Crippen molar-refractivity contribution in [3.63, 3.8) is 0 Å². The highest BCUT2D eigenvalue weighted by Crippen LogP contribution is 2.36. The van der Waals surface area contributed by atoms with Gasteiger partial charge >= 0.3 is 5.97 Å². The molecule has 0 spiro atoms. The summed E-state index contributed by atoms with van der Waals surface area (Å²) < 4.78 is 27.1. The fraction of sp³-hybridized carbons (Fsp3) is 0.273. The molecule has 0 atom stereocenters. The van der Waals surface area contributed by atoms with Crippen LogP contribution in [0.3, 0.4) is 0 Å². The van der Waals surface area contributed by atoms with Crippen molar-refractivity contribution < 1.29 is 28.2 Å². The highest BCUT2D eigenvalue weighted by Gasteiger charge is 2.17. The van der Waals surface area contributed by atoms with Gasteiger partial charge in [0.25, 0.3) is 0 Å². The van der Waals surface area contributed by atoms with E-state index in [4.69, 9.17) is 23.4 Å². The topological polar surface area (TPSA) is 80.0 Å². The third kappa shape index (κ3) is 4.34. The van der Waals surface area contributed by atoms with Gasteiger partial charge in [-0.25, -0.2) is 4.98 Å². The summed E-state index contributed by atoms with van der Waals surface area (Å²) in [5, 5.41) is 0. The highest BCUT2D eigenvalue weighted by atomic mass is 16.7. The molecule has 7 heteroatoms. The molecule has 29 heavy (non-hydrogen) atoms. The van der Waals surface area contributed by atoms with Crippen molar-refractivity contribution in [1.29, 1.82) is 0 Å². The average molecular weight is 395 g/mol. The van der Waals surface area contributed by atoms with Crippen LogP contribution in [0.2, 0.25) is 0 Å². The van der Waals surface area contributed by atoms with E-state index in [-0.39, 0.29) is 19.2 Å². The van der Waals surface area contributed by atoms with Crippen molar-refractivity contribution in [3.05, 3.63) is 59.5 Å². The first-order chi connectivity index (χ1) is 14.1. The highest BCUT2D eigenvalue weighted by molar-refractivity contribution is 5.72. The standard InChI is InChI=1S/C22H21NO6/c1-14-18(8-9-26-17-5-3-4-15(10-17)11-21(24)25-2)23-22(29-14)16-6-7-19-20(12-16)28-13-27-19/h3-7,10,12H,8-9,11,13H2,1-2H3. The van der Waals surface area contributed by atoms with Crippen LogP contribution in [-0.2, 0) is 22.4 Å². The molecule has 2 heterocycles. The van der Waals surface area contributed by atoms with Crippen molar-refractivity contribution >= 4 is 5.97 Å². The first-order valence-corrected chi connectivity index (χ1v) is 9.27. The van der Waals surface area contributed by atoms with E-state index < -0.39 is 0 Å². The second-order valence-corrected chi connectivity index (χ2v) is 6.59. The number of aryl methyl sites for hydroxylation is 1. The van der Waals surface area contributed by atoms with Gasteiger partial charge in [-0.3, -0.25) is 4.79 Å². The minimum atomic E-state index is -0.281. The van der Waals surface area contributed by atoms with Gasteiger partial charge in [-0.15, -0.1) is 0 Å². The zero-order valence-electron chi connectivity index (χ0n) is 16.3. The normalized spacial score (nSPS) is 12.1. The van der Waals surface area contributed by atoms with Crippen molar-refractivity contribution in [2.24, 2.45) is 0 Å². The third-order valence-corrected chi connectivity index (χ3v) is 4.59. The largest absolute Gasteiger partial charge is 0.493 e. The molecular formula is C22H21NO6. The average Bonchev–Trinajstić information content (AvgIpc) is 3.34. The van der Waals surface area contributed by atoms with Crippen LogP contribution >= 0.6 is 0 Å². The zero-order valence-corrected chi connectivity index (χ0v) is 16.3. The number of nitrogens with zero attached hydrogens (tertiary/aromatic N) is 1. The lowest BCUT2D eigenvalue weighted by atomic mass is 10.1. The van der Waals surface area contributed by atoms with Crippen LogP contribution in [0.4, 0.5) is 0 Å². The van der Waals surface area contributed by atoms with Crippen molar-refractivity contribution in [2.45, 2.75) is 19.8 Å². The first-order valence-electron chi connectivity index (χ1n) is 9.27. The number of benzene rings is 2. The van der Waals surface area contributed by atoms with Crippen molar-refractivity contribution in [1.82, 2.24) is 4.98 Å². The Kier molecular flexibility index (Phi) is 5.37. The predicted octanol–water partition coefficient (Wildman–Crippen LogP) is 3.72. The van der Waals surface area contributed by atoms with Crippen LogP contribution < -0.4 is 14.2 Å². The molecule has 7 nitrogen and oxygen atoms in total. The quantitative estimate of drug-likeness (QED) is 0.564. The number of carbonyl (C=O) groups excluding carboxylic acids is 1. The monoisotopic (exact) mass is 395 g/mol. The van der Waals surface area contributed by atoms with E-state index in [9.17, 15) is 4.79 Å². The van der Waals surface area contributed by atoms with E-state index in [0.29, 0.717) is 30.4 Å². The van der Waals surface area contributed by atoms with E-state index in [2.05, 4.69) is 4.98 Å². The summed E-state index contributed by atoms with van der Waals surface area (Å²) in [6, 6.07) is 13.0. The molecule has 1 aromatic heterocycles. The lowest BCUT2D eigenvalue weighted by Crippen LogP contribution is -2.06. The first kappa shape index (κ1) is 18.9. The number of aromatic nitrogens is 1. The molecule has 0 unspecified atom stereocenters. The minimum Gasteiger partial charge on any atom is -0.493 e. The summed E-state index contributed by atoms with van der Waals surface area (Å²) in [6.07, 6.45) is 0.816. The Morgan fingerprint density at radius 2 is 2.00 bits per heavy atom. The lowest BCUT2D eigenvalue weighted by Gasteiger charge is -2.07. The number of hydrogen-bond acceptors (Lipinski definition) is 7. The summed E-state index contributed by atoms with van der Waals surface area (Å²) in [4.78, 5) is 16.0. The maximum absolute atomic E-state index is 11.4. The van der Waals surface area contributed by atoms with Gasteiger partial charge in [-0.2, -0.15) is 0 Å². The Morgan fingerprint density at radius 1 is 1.14 bits per heavy atom. The molecule has 1 aliphatic rings. The zero-order chi connectivity index (χ0) is 20.2. The van der Waals surface area contributed by atoms with E-state index in [1.165, 1.54) is 7.11 Å². The number of oxazole rings is 1. The molecule has 0 radical (unpaired) electrons. The fourth-order valence-corrected chi connectivity index (χ4v) is 3.06. The maximum atomic E-state index is 11.4. The van der Waals surface area contributed by atoms with Crippen LogP contribution in [-0.4, -0.2) is 31.5 Å². The molecule has 0 saturated heterocycles. The number of esters is 1. The van der Waals surface area contributed by atoms with Gasteiger partial charge in [0.15, 0.2) is 11.5 Å². The maximum Gasteiger partial charge on any atom is 0.309 e. The second kappa shape index (κ2) is 8.26. The summed E-state index contributed by atoms with van der Waals surface area (Å²) in [5.74, 6) is 3.12. The van der Waals surface area contributed by atoms with E-state index >= 15 is 0 Å². The van der Waals surface area contributed by atoms with E-state index in [0.717, 1.165) is 28.3 Å². The van der Waals surface area contributed by atoms with Crippen LogP contribution in [0.25, 0.3) is 11.5 Å². The Hall–Kier alpha value is -3.48. The molecule has 0 fully saturated rings. The van der Waals surface area contributed by atoms with Crippen LogP contribution in [0.15, 0.2) is 46.9 Å². The Labute approximate surface area is 168 Å². The number of ether oxygens (including phenoxy) is 4. The molecule has 3 aromatic rings. The third-order valence-electron chi connectivity index (χ3n) is 4.59. The lowest BCUT2D eigenvalue weighted by molar-refractivity contribution is -0.139. The number of carbonyl (C=O) groups is 1. The van der Waals surface area contributed by atoms with Gasteiger partial charge in [0.2, 0.25) is 12.7 Å². The van der Waals surface area contributed by atoms with E-state index in [1.54, 1.807) is 0 Å². The Balaban J connectivity index is 1.38. The summed E-state index contributed by atoms with van der Waals surface area (Å²) >= 11 is 0. The molecule has 0 amide bonds. The summed E-state index contributed by atoms with van der Waals surface area (Å²) in [5.41, 5.74) is 2.51. The molecule has 0 bridgehead atoms.